The van der Waals surface area contributed by atoms with E-state index in [0.29, 0.717) is 10.9 Å². The maximum atomic E-state index is 12.1. The Kier molecular flexibility index (Phi) is 4.36. The minimum atomic E-state index is -0.316. The predicted molar refractivity (Wildman–Crippen MR) is 85.9 cm³/mol. The second kappa shape index (κ2) is 6.26. The zero-order valence-electron chi connectivity index (χ0n) is 12.6. The van der Waals surface area contributed by atoms with Crippen molar-refractivity contribution in [1.29, 1.82) is 0 Å². The molecule has 2 heterocycles. The topological polar surface area (TPSA) is 69.2 Å². The number of fused-ring (bicyclic) bond motifs is 1. The van der Waals surface area contributed by atoms with Crippen molar-refractivity contribution in [3.05, 3.63) is 28.9 Å². The summed E-state index contributed by atoms with van der Waals surface area (Å²) in [6.45, 7) is 3.11. The molecule has 0 bridgehead atoms. The van der Waals surface area contributed by atoms with Gasteiger partial charge < -0.3 is 10.0 Å². The van der Waals surface area contributed by atoms with Crippen LogP contribution in [0.25, 0.3) is 10.9 Å². The second-order valence-corrected chi connectivity index (χ2v) is 6.45. The van der Waals surface area contributed by atoms with Crippen molar-refractivity contribution in [3.8, 4) is 0 Å². The van der Waals surface area contributed by atoms with Crippen molar-refractivity contribution in [2.24, 2.45) is 5.92 Å². The number of hydrogen-bond acceptors (Lipinski definition) is 3. The minimum Gasteiger partial charge on any atom is -0.396 e. The molecule has 118 valence electrons. The number of likely N-dealkylation sites (tertiary alicyclic amines) is 1. The van der Waals surface area contributed by atoms with E-state index in [1.165, 1.54) is 5.56 Å². The minimum absolute atomic E-state index is 0.0421. The van der Waals surface area contributed by atoms with Crippen molar-refractivity contribution in [2.75, 3.05) is 19.7 Å². The van der Waals surface area contributed by atoms with Gasteiger partial charge in [-0.05, 0) is 36.5 Å². The first kappa shape index (κ1) is 15.3. The number of H-pyrrole nitrogens is 1. The van der Waals surface area contributed by atoms with Gasteiger partial charge in [-0.2, -0.15) is 5.10 Å². The Balaban J connectivity index is 1.76. The number of hydrogen-bond donors (Lipinski definition) is 2. The Labute approximate surface area is 134 Å². The van der Waals surface area contributed by atoms with Crippen molar-refractivity contribution in [2.45, 2.75) is 25.7 Å². The third-order valence-electron chi connectivity index (χ3n) is 4.50. The Hall–Kier alpha value is -1.59. The number of nitrogens with one attached hydrogen (secondary N) is 1. The maximum absolute atomic E-state index is 12.1. The molecule has 1 aliphatic rings. The summed E-state index contributed by atoms with van der Waals surface area (Å²) in [5, 5.41) is 18.0. The first-order valence-corrected chi connectivity index (χ1v) is 8.00. The summed E-state index contributed by atoms with van der Waals surface area (Å²) < 4.78 is 0. The van der Waals surface area contributed by atoms with Crippen LogP contribution in [0.2, 0.25) is 5.02 Å². The zero-order valence-corrected chi connectivity index (χ0v) is 13.3. The number of carbonyl (C=O) groups is 1. The molecular formula is C16H20ClN3O2. The number of piperidine rings is 1. The van der Waals surface area contributed by atoms with Crippen molar-refractivity contribution in [3.63, 3.8) is 0 Å². The van der Waals surface area contributed by atoms with Crippen molar-refractivity contribution in [1.82, 2.24) is 15.1 Å². The Bertz CT molecular complexity index is 677. The molecule has 3 rings (SSSR count). The fraction of sp³-hybridized carbons (Fsp3) is 0.500. The van der Waals surface area contributed by atoms with E-state index in [1.807, 2.05) is 23.2 Å². The first-order chi connectivity index (χ1) is 10.6. The highest BCUT2D eigenvalue weighted by Crippen LogP contribution is 2.34. The van der Waals surface area contributed by atoms with Gasteiger partial charge in [-0.25, -0.2) is 0 Å². The van der Waals surface area contributed by atoms with Gasteiger partial charge in [0.25, 0.3) is 0 Å². The zero-order chi connectivity index (χ0) is 15.7. The lowest BCUT2D eigenvalue weighted by Crippen LogP contribution is -2.41. The number of aromatic nitrogens is 2. The van der Waals surface area contributed by atoms with Crippen LogP contribution in [0.3, 0.4) is 0 Å². The number of aliphatic hydroxyl groups is 1. The lowest BCUT2D eigenvalue weighted by atomic mass is 9.87. The molecule has 1 aliphatic heterocycles. The van der Waals surface area contributed by atoms with Crippen LogP contribution in [0.15, 0.2) is 18.3 Å². The van der Waals surface area contributed by atoms with Crippen LogP contribution in [-0.4, -0.2) is 45.8 Å². The van der Waals surface area contributed by atoms with Crippen LogP contribution >= 0.6 is 11.6 Å². The standard InChI is InChI=1S/C16H20ClN3O2/c1-10(9-21)16(22)20-4-2-11(3-5-20)13-6-12(17)7-15-14(13)8-18-19-15/h6-8,10-11,21H,2-5,9H2,1H3,(H,18,19). The van der Waals surface area contributed by atoms with Crippen LogP contribution in [0, 0.1) is 5.92 Å². The van der Waals surface area contributed by atoms with Gasteiger partial charge in [0.1, 0.15) is 0 Å². The van der Waals surface area contributed by atoms with E-state index in [4.69, 9.17) is 16.7 Å². The van der Waals surface area contributed by atoms with Gasteiger partial charge >= 0.3 is 0 Å². The van der Waals surface area contributed by atoms with Crippen LogP contribution < -0.4 is 0 Å². The van der Waals surface area contributed by atoms with E-state index >= 15 is 0 Å². The van der Waals surface area contributed by atoms with E-state index in [9.17, 15) is 4.79 Å². The molecule has 1 atom stereocenters. The van der Waals surface area contributed by atoms with Crippen molar-refractivity contribution >= 4 is 28.4 Å². The smallest absolute Gasteiger partial charge is 0.227 e. The molecule has 1 fully saturated rings. The predicted octanol–water partition coefficient (Wildman–Crippen LogP) is 2.55. The van der Waals surface area contributed by atoms with Gasteiger partial charge in [-0.1, -0.05) is 18.5 Å². The summed E-state index contributed by atoms with van der Waals surface area (Å²) >= 11 is 6.20. The first-order valence-electron chi connectivity index (χ1n) is 7.62. The van der Waals surface area contributed by atoms with Gasteiger partial charge in [0.05, 0.1) is 24.2 Å². The molecule has 1 aromatic heterocycles. The van der Waals surface area contributed by atoms with Crippen LogP contribution in [-0.2, 0) is 4.79 Å². The molecule has 0 aliphatic carbocycles. The normalized spacial score (nSPS) is 17.9. The van der Waals surface area contributed by atoms with E-state index < -0.39 is 0 Å². The fourth-order valence-electron chi connectivity index (χ4n) is 3.18. The molecule has 0 radical (unpaired) electrons. The SMILES string of the molecule is CC(CO)C(=O)N1CCC(c2cc(Cl)cc3[nH]ncc23)CC1. The molecule has 22 heavy (non-hydrogen) atoms. The van der Waals surface area contributed by atoms with E-state index in [1.54, 1.807) is 6.92 Å². The van der Waals surface area contributed by atoms with Gasteiger partial charge in [-0.3, -0.25) is 9.89 Å². The third kappa shape index (κ3) is 2.83. The summed E-state index contributed by atoms with van der Waals surface area (Å²) in [6, 6.07) is 3.90. The molecule has 2 aromatic rings. The summed E-state index contributed by atoms with van der Waals surface area (Å²) in [5.74, 6) is 0.107. The van der Waals surface area contributed by atoms with Crippen LogP contribution in [0.5, 0.6) is 0 Å². The highest BCUT2D eigenvalue weighted by atomic mass is 35.5. The summed E-state index contributed by atoms with van der Waals surface area (Å²) in [7, 11) is 0. The number of benzene rings is 1. The van der Waals surface area contributed by atoms with E-state index in [2.05, 4.69) is 10.2 Å². The largest absolute Gasteiger partial charge is 0.396 e. The van der Waals surface area contributed by atoms with Gasteiger partial charge in [0, 0.05) is 23.5 Å². The highest BCUT2D eigenvalue weighted by Gasteiger charge is 2.27. The molecule has 0 spiro atoms. The summed E-state index contributed by atoms with van der Waals surface area (Å²) in [5.41, 5.74) is 2.16. The van der Waals surface area contributed by atoms with Crippen LogP contribution in [0.1, 0.15) is 31.2 Å². The Morgan fingerprint density at radius 3 is 2.91 bits per heavy atom. The molecule has 1 unspecified atom stereocenters. The number of aromatic amines is 1. The van der Waals surface area contributed by atoms with Crippen LogP contribution in [0.4, 0.5) is 0 Å². The van der Waals surface area contributed by atoms with E-state index in [-0.39, 0.29) is 18.4 Å². The number of nitrogens with zero attached hydrogens (tertiary/aromatic N) is 2. The lowest BCUT2D eigenvalue weighted by molar-refractivity contribution is -0.137. The number of aliphatic hydroxyl groups excluding tert-OH is 1. The molecule has 5 nitrogen and oxygen atoms in total. The summed E-state index contributed by atoms with van der Waals surface area (Å²) in [4.78, 5) is 14.0. The van der Waals surface area contributed by atoms with E-state index in [0.717, 1.165) is 36.8 Å². The van der Waals surface area contributed by atoms with Crippen molar-refractivity contribution < 1.29 is 9.90 Å². The van der Waals surface area contributed by atoms with Gasteiger partial charge in [-0.15, -0.1) is 0 Å². The fourth-order valence-corrected chi connectivity index (χ4v) is 3.41. The molecule has 2 N–H and O–H groups in total. The quantitative estimate of drug-likeness (QED) is 0.912. The number of amides is 1. The van der Waals surface area contributed by atoms with Gasteiger partial charge in [0.2, 0.25) is 5.91 Å². The molecule has 1 amide bonds. The molecule has 1 aromatic carbocycles. The number of carbonyl (C=O) groups excluding carboxylic acids is 1. The molecule has 0 saturated carbocycles. The maximum Gasteiger partial charge on any atom is 0.227 e. The second-order valence-electron chi connectivity index (χ2n) is 6.01. The number of rotatable bonds is 3. The summed E-state index contributed by atoms with van der Waals surface area (Å²) in [6.07, 6.45) is 3.65. The molecular weight excluding hydrogens is 302 g/mol. The average Bonchev–Trinajstić information content (AvgIpc) is 3.01. The Morgan fingerprint density at radius 2 is 2.23 bits per heavy atom. The monoisotopic (exact) mass is 321 g/mol. The molecule has 6 heteroatoms. The molecule has 1 saturated heterocycles. The third-order valence-corrected chi connectivity index (χ3v) is 4.72. The lowest BCUT2D eigenvalue weighted by Gasteiger charge is -2.33. The highest BCUT2D eigenvalue weighted by molar-refractivity contribution is 6.31. The number of halogens is 1. The average molecular weight is 322 g/mol. The van der Waals surface area contributed by atoms with Gasteiger partial charge in [0.15, 0.2) is 0 Å². The Morgan fingerprint density at radius 1 is 1.50 bits per heavy atom.